The summed E-state index contributed by atoms with van der Waals surface area (Å²) in [6, 6.07) is 5.46. The maximum absolute atomic E-state index is 11.4. The molecule has 4 aliphatic rings. The van der Waals surface area contributed by atoms with E-state index in [-0.39, 0.29) is 11.5 Å². The van der Waals surface area contributed by atoms with E-state index in [0.29, 0.717) is 11.7 Å². The van der Waals surface area contributed by atoms with Crippen LogP contribution in [0.5, 0.6) is 5.75 Å². The van der Waals surface area contributed by atoms with E-state index in [1.54, 1.807) is 6.07 Å². The maximum Gasteiger partial charge on any atom is 0.335 e. The lowest BCUT2D eigenvalue weighted by molar-refractivity contribution is -0.271. The molecule has 2 bridgehead atoms. The third-order valence-electron chi connectivity index (χ3n) is 8.20. The molecule has 0 radical (unpaired) electrons. The van der Waals surface area contributed by atoms with Gasteiger partial charge in [-0.25, -0.2) is 4.79 Å². The van der Waals surface area contributed by atoms with Crippen LogP contribution < -0.4 is 4.74 Å². The van der Waals surface area contributed by atoms with Crippen LogP contribution in [-0.2, 0) is 14.9 Å². The molecule has 0 unspecified atom stereocenters. The Kier molecular flexibility index (Phi) is 5.47. The van der Waals surface area contributed by atoms with E-state index >= 15 is 0 Å². The van der Waals surface area contributed by atoms with Crippen LogP contribution in [0.3, 0.4) is 0 Å². The number of fused-ring (bicyclic) bond motifs is 1. The van der Waals surface area contributed by atoms with Gasteiger partial charge in [-0.2, -0.15) is 0 Å². The smallest absolute Gasteiger partial charge is 0.335 e. The second-order valence-corrected chi connectivity index (χ2v) is 9.78. The Balaban J connectivity index is 1.48. The second-order valence-electron chi connectivity index (χ2n) is 9.78. The molecular formula is C23H31NO8. The topological polar surface area (TPSA) is 140 Å². The van der Waals surface area contributed by atoms with Crippen LogP contribution in [0.15, 0.2) is 18.2 Å². The highest BCUT2D eigenvalue weighted by atomic mass is 16.7. The summed E-state index contributed by atoms with van der Waals surface area (Å²) in [7, 11) is 2.08. The van der Waals surface area contributed by atoms with Gasteiger partial charge in [-0.3, -0.25) is 0 Å². The summed E-state index contributed by atoms with van der Waals surface area (Å²) < 4.78 is 11.1. The molecule has 32 heavy (non-hydrogen) atoms. The minimum Gasteiger partial charge on any atom is -0.479 e. The highest BCUT2D eigenvalue weighted by Crippen LogP contribution is 2.58. The fourth-order valence-electron chi connectivity index (χ4n) is 6.60. The van der Waals surface area contributed by atoms with Gasteiger partial charge in [-0.1, -0.05) is 18.9 Å². The van der Waals surface area contributed by atoms with Crippen molar-refractivity contribution in [2.45, 2.75) is 80.4 Å². The Morgan fingerprint density at radius 3 is 2.66 bits per heavy atom. The Hall–Kier alpha value is -1.75. The first kappa shape index (κ1) is 22.1. The number of carboxylic acids is 1. The van der Waals surface area contributed by atoms with Crippen molar-refractivity contribution in [1.29, 1.82) is 0 Å². The number of aliphatic carboxylic acids is 1. The van der Waals surface area contributed by atoms with Crippen LogP contribution in [0.1, 0.15) is 49.3 Å². The van der Waals surface area contributed by atoms with Crippen molar-refractivity contribution in [3.8, 4) is 5.75 Å². The summed E-state index contributed by atoms with van der Waals surface area (Å²) >= 11 is 0. The summed E-state index contributed by atoms with van der Waals surface area (Å²) in [4.78, 5) is 13.7. The number of carbonyl (C=O) groups is 1. The van der Waals surface area contributed by atoms with Crippen molar-refractivity contribution in [3.05, 3.63) is 29.3 Å². The van der Waals surface area contributed by atoms with Gasteiger partial charge in [0.25, 0.3) is 0 Å². The number of aliphatic hydroxyl groups is 4. The quantitative estimate of drug-likeness (QED) is 0.436. The van der Waals surface area contributed by atoms with Crippen molar-refractivity contribution in [2.75, 3.05) is 13.6 Å². The summed E-state index contributed by atoms with van der Waals surface area (Å²) in [6.45, 7) is 0.900. The second kappa shape index (κ2) is 7.93. The number of hydrogen-bond acceptors (Lipinski definition) is 8. The van der Waals surface area contributed by atoms with Crippen LogP contribution >= 0.6 is 0 Å². The molecule has 9 heteroatoms. The predicted molar refractivity (Wildman–Crippen MR) is 111 cm³/mol. The average molecular weight is 450 g/mol. The zero-order valence-electron chi connectivity index (χ0n) is 18.0. The highest BCUT2D eigenvalue weighted by Gasteiger charge is 2.56. The van der Waals surface area contributed by atoms with Crippen LogP contribution in [0, 0.1) is 5.92 Å². The molecule has 2 saturated heterocycles. The molecule has 2 aliphatic heterocycles. The summed E-state index contributed by atoms with van der Waals surface area (Å²) in [5, 5.41) is 50.8. The molecule has 1 aromatic carbocycles. The van der Waals surface area contributed by atoms with Crippen molar-refractivity contribution >= 4 is 5.97 Å². The van der Waals surface area contributed by atoms with Gasteiger partial charge >= 0.3 is 5.97 Å². The molecule has 9 nitrogen and oxygen atoms in total. The van der Waals surface area contributed by atoms with E-state index in [1.807, 2.05) is 12.1 Å². The van der Waals surface area contributed by atoms with Crippen LogP contribution in [0.25, 0.3) is 0 Å². The fourth-order valence-corrected chi connectivity index (χ4v) is 6.60. The van der Waals surface area contributed by atoms with E-state index in [9.17, 15) is 30.3 Å². The first-order valence-electron chi connectivity index (χ1n) is 11.4. The predicted octanol–water partition coefficient (Wildman–Crippen LogP) is 0.137. The molecule has 1 saturated carbocycles. The number of piperidine rings is 1. The first-order chi connectivity index (χ1) is 15.2. The average Bonchev–Trinajstić information content (AvgIpc) is 2.78. The van der Waals surface area contributed by atoms with E-state index in [2.05, 4.69) is 11.9 Å². The number of aliphatic hydroxyl groups excluding tert-OH is 4. The lowest BCUT2D eigenvalue weighted by Crippen LogP contribution is -2.61. The fraction of sp³-hybridized carbons (Fsp3) is 0.696. The van der Waals surface area contributed by atoms with Crippen LogP contribution in [0.4, 0.5) is 0 Å². The minimum absolute atomic E-state index is 0.0469. The Bertz CT molecular complexity index is 895. The Morgan fingerprint density at radius 1 is 1.12 bits per heavy atom. The SMILES string of the molecule is CN1CC[C@@]23CCCC[C@@H]2[C@@H]1[C@H](O)c1ccc(O[C@@H]2O[C@H](C(=O)O)[C@@H](O)[C@H](O)[C@H]2O)cc13. The monoisotopic (exact) mass is 449 g/mol. The summed E-state index contributed by atoms with van der Waals surface area (Å²) in [6.07, 6.45) is -3.51. The third-order valence-corrected chi connectivity index (χ3v) is 8.20. The lowest BCUT2D eigenvalue weighted by Gasteiger charge is -2.59. The third kappa shape index (κ3) is 3.18. The van der Waals surface area contributed by atoms with E-state index < -0.39 is 42.8 Å². The molecule has 5 N–H and O–H groups in total. The van der Waals surface area contributed by atoms with Crippen molar-refractivity contribution in [3.63, 3.8) is 0 Å². The van der Waals surface area contributed by atoms with Crippen LogP contribution in [-0.4, -0.2) is 86.7 Å². The summed E-state index contributed by atoms with van der Waals surface area (Å²) in [5.74, 6) is -0.742. The maximum atomic E-state index is 11.4. The number of carboxylic acid groups (broad SMARTS) is 1. The highest BCUT2D eigenvalue weighted by molar-refractivity contribution is 5.73. The number of nitrogens with zero attached hydrogens (tertiary/aromatic N) is 1. The molecule has 5 rings (SSSR count). The number of likely N-dealkylation sites (tertiary alicyclic amines) is 1. The molecule has 1 aromatic rings. The Morgan fingerprint density at radius 2 is 1.91 bits per heavy atom. The van der Waals surface area contributed by atoms with E-state index in [4.69, 9.17) is 9.47 Å². The van der Waals surface area contributed by atoms with Crippen LogP contribution in [0.2, 0.25) is 0 Å². The van der Waals surface area contributed by atoms with E-state index in [1.165, 1.54) is 0 Å². The van der Waals surface area contributed by atoms with Gasteiger partial charge in [-0.05, 0) is 62.0 Å². The Labute approximate surface area is 186 Å². The zero-order valence-corrected chi connectivity index (χ0v) is 18.0. The standard InChI is InChI=1S/C23H31NO8/c1-24-9-8-23-7-3-2-4-13(23)15(24)16(25)12-6-5-11(10-14(12)23)31-22-19(28)17(26)18(27)20(32-22)21(29)30/h5-6,10,13,15-20,22,25-28H,2-4,7-9H2,1H3,(H,29,30)/t13-,15-,16-,17+,18+,19-,20+,22-,23+/m1/s1. The molecule has 2 aliphatic carbocycles. The molecule has 0 aromatic heterocycles. The lowest BCUT2D eigenvalue weighted by atomic mass is 9.52. The first-order valence-corrected chi connectivity index (χ1v) is 11.4. The number of hydrogen-bond donors (Lipinski definition) is 5. The molecule has 176 valence electrons. The minimum atomic E-state index is -1.76. The number of ether oxygens (including phenoxy) is 2. The summed E-state index contributed by atoms with van der Waals surface area (Å²) in [5.41, 5.74) is 1.89. The van der Waals surface area contributed by atoms with Gasteiger partial charge in [0.15, 0.2) is 6.10 Å². The number of likely N-dealkylation sites (N-methyl/N-ethyl adjacent to an activating group) is 1. The molecule has 3 fully saturated rings. The largest absolute Gasteiger partial charge is 0.479 e. The zero-order chi connectivity index (χ0) is 22.8. The van der Waals surface area contributed by atoms with Crippen molar-refractivity contribution in [2.24, 2.45) is 5.92 Å². The van der Waals surface area contributed by atoms with Gasteiger partial charge in [-0.15, -0.1) is 0 Å². The van der Waals surface area contributed by atoms with Gasteiger partial charge in [0, 0.05) is 11.5 Å². The normalized spacial score (nSPS) is 43.8. The molecule has 0 amide bonds. The van der Waals surface area contributed by atoms with Crippen molar-refractivity contribution < 1.29 is 39.8 Å². The van der Waals surface area contributed by atoms with Gasteiger partial charge in [0.2, 0.25) is 6.29 Å². The van der Waals surface area contributed by atoms with Gasteiger partial charge < -0.3 is 39.9 Å². The molecule has 2 heterocycles. The molecule has 9 atom stereocenters. The van der Waals surface area contributed by atoms with Crippen molar-refractivity contribution in [1.82, 2.24) is 4.90 Å². The van der Waals surface area contributed by atoms with Gasteiger partial charge in [0.1, 0.15) is 24.1 Å². The number of rotatable bonds is 3. The number of benzene rings is 1. The molecular weight excluding hydrogens is 418 g/mol. The van der Waals surface area contributed by atoms with E-state index in [0.717, 1.165) is 49.8 Å². The molecule has 0 spiro atoms. The van der Waals surface area contributed by atoms with Gasteiger partial charge in [0.05, 0.1) is 6.10 Å².